The molecule has 5 heteroatoms. The Balaban J connectivity index is 2.22. The minimum absolute atomic E-state index is 0.0504. The molecule has 1 aromatic rings. The van der Waals surface area contributed by atoms with E-state index >= 15 is 0 Å². The summed E-state index contributed by atoms with van der Waals surface area (Å²) < 4.78 is 0.832. The van der Waals surface area contributed by atoms with Crippen LogP contribution in [0.1, 0.15) is 23.7 Å². The molecule has 1 unspecified atom stereocenters. The molecule has 98 valence electrons. The van der Waals surface area contributed by atoms with Crippen LogP contribution in [0.3, 0.4) is 0 Å². The second-order valence-electron chi connectivity index (χ2n) is 4.40. The number of hydrogen-bond acceptors (Lipinski definition) is 2. The number of nitrogens with one attached hydrogen (secondary N) is 1. The van der Waals surface area contributed by atoms with Gasteiger partial charge < -0.3 is 10.2 Å². The lowest BCUT2D eigenvalue weighted by Crippen LogP contribution is -2.41. The molecule has 0 spiro atoms. The Morgan fingerprint density at radius 1 is 1.56 bits per heavy atom. The SMILES string of the molecule is CCN(C(=O)c1cc(Cl)cc(Br)c1)C1CCNC1. The molecule has 0 radical (unpaired) electrons. The average molecular weight is 332 g/mol. The van der Waals surface area contributed by atoms with E-state index < -0.39 is 0 Å². The van der Waals surface area contributed by atoms with Crippen molar-refractivity contribution in [1.29, 1.82) is 0 Å². The quantitative estimate of drug-likeness (QED) is 0.923. The largest absolute Gasteiger partial charge is 0.335 e. The van der Waals surface area contributed by atoms with Gasteiger partial charge in [-0.3, -0.25) is 4.79 Å². The van der Waals surface area contributed by atoms with E-state index in [1.807, 2.05) is 17.9 Å². The fourth-order valence-electron chi connectivity index (χ4n) is 2.32. The van der Waals surface area contributed by atoms with Gasteiger partial charge in [-0.25, -0.2) is 0 Å². The predicted molar refractivity (Wildman–Crippen MR) is 77.1 cm³/mol. The third-order valence-electron chi connectivity index (χ3n) is 3.19. The maximum Gasteiger partial charge on any atom is 0.254 e. The van der Waals surface area contributed by atoms with Crippen LogP contribution in [-0.4, -0.2) is 36.5 Å². The minimum atomic E-state index is 0.0504. The van der Waals surface area contributed by atoms with Crippen LogP contribution in [-0.2, 0) is 0 Å². The molecule has 0 bridgehead atoms. The van der Waals surface area contributed by atoms with Crippen molar-refractivity contribution < 1.29 is 4.79 Å². The van der Waals surface area contributed by atoms with E-state index in [0.717, 1.165) is 30.5 Å². The first-order chi connectivity index (χ1) is 8.61. The van der Waals surface area contributed by atoms with Crippen molar-refractivity contribution in [3.63, 3.8) is 0 Å². The maximum absolute atomic E-state index is 12.5. The van der Waals surface area contributed by atoms with Crippen molar-refractivity contribution in [2.24, 2.45) is 0 Å². The maximum atomic E-state index is 12.5. The van der Waals surface area contributed by atoms with E-state index in [4.69, 9.17) is 11.6 Å². The average Bonchev–Trinajstić information content (AvgIpc) is 2.82. The van der Waals surface area contributed by atoms with E-state index in [1.165, 1.54) is 0 Å². The monoisotopic (exact) mass is 330 g/mol. The topological polar surface area (TPSA) is 32.3 Å². The van der Waals surface area contributed by atoms with Gasteiger partial charge in [0.2, 0.25) is 0 Å². The summed E-state index contributed by atoms with van der Waals surface area (Å²) in [6.45, 7) is 4.58. The van der Waals surface area contributed by atoms with Crippen molar-refractivity contribution in [3.8, 4) is 0 Å². The van der Waals surface area contributed by atoms with Gasteiger partial charge in [0.15, 0.2) is 0 Å². The molecule has 1 N–H and O–H groups in total. The Bertz CT molecular complexity index is 426. The van der Waals surface area contributed by atoms with Gasteiger partial charge in [0.1, 0.15) is 0 Å². The summed E-state index contributed by atoms with van der Waals surface area (Å²) in [5, 5.41) is 3.86. The highest BCUT2D eigenvalue weighted by Gasteiger charge is 2.26. The molecule has 1 atom stereocenters. The van der Waals surface area contributed by atoms with Crippen LogP contribution in [0, 0.1) is 0 Å². The van der Waals surface area contributed by atoms with Crippen LogP contribution < -0.4 is 5.32 Å². The number of likely N-dealkylation sites (N-methyl/N-ethyl adjacent to an activating group) is 1. The van der Waals surface area contributed by atoms with Gasteiger partial charge in [0, 0.05) is 34.2 Å². The van der Waals surface area contributed by atoms with Crippen molar-refractivity contribution in [1.82, 2.24) is 10.2 Å². The first kappa shape index (κ1) is 13.8. The Kier molecular flexibility index (Phi) is 4.65. The lowest BCUT2D eigenvalue weighted by molar-refractivity contribution is 0.0703. The van der Waals surface area contributed by atoms with Crippen molar-refractivity contribution in [3.05, 3.63) is 33.3 Å². The summed E-state index contributed by atoms with van der Waals surface area (Å²) in [4.78, 5) is 14.4. The Hall–Kier alpha value is -0.580. The van der Waals surface area contributed by atoms with Gasteiger partial charge in [0.25, 0.3) is 5.91 Å². The highest BCUT2D eigenvalue weighted by Crippen LogP contribution is 2.22. The molecule has 0 saturated carbocycles. The Morgan fingerprint density at radius 3 is 2.89 bits per heavy atom. The third kappa shape index (κ3) is 3.05. The van der Waals surface area contributed by atoms with Gasteiger partial charge >= 0.3 is 0 Å². The summed E-state index contributed by atoms with van der Waals surface area (Å²) in [7, 11) is 0. The van der Waals surface area contributed by atoms with Crippen LogP contribution in [0.4, 0.5) is 0 Å². The third-order valence-corrected chi connectivity index (χ3v) is 3.86. The molecule has 1 aromatic carbocycles. The van der Waals surface area contributed by atoms with Crippen LogP contribution in [0.5, 0.6) is 0 Å². The molecule has 1 aliphatic heterocycles. The van der Waals surface area contributed by atoms with Crippen LogP contribution in [0.25, 0.3) is 0 Å². The summed E-state index contributed by atoms with van der Waals surface area (Å²) in [5.41, 5.74) is 0.642. The number of amides is 1. The molecule has 1 heterocycles. The smallest absolute Gasteiger partial charge is 0.254 e. The minimum Gasteiger partial charge on any atom is -0.335 e. The molecule has 0 aliphatic carbocycles. The predicted octanol–water partition coefficient (Wildman–Crippen LogP) is 2.93. The fraction of sp³-hybridized carbons (Fsp3) is 0.462. The molecule has 2 rings (SSSR count). The number of hydrogen-bond donors (Lipinski definition) is 1. The Morgan fingerprint density at radius 2 is 2.33 bits per heavy atom. The number of benzene rings is 1. The van der Waals surface area contributed by atoms with Crippen LogP contribution >= 0.6 is 27.5 Å². The zero-order chi connectivity index (χ0) is 13.1. The number of carbonyl (C=O) groups excluding carboxylic acids is 1. The number of rotatable bonds is 3. The fourth-order valence-corrected chi connectivity index (χ4v) is 3.18. The molecule has 1 aliphatic rings. The van der Waals surface area contributed by atoms with Gasteiger partial charge in [-0.05, 0) is 38.1 Å². The molecule has 3 nitrogen and oxygen atoms in total. The van der Waals surface area contributed by atoms with E-state index in [-0.39, 0.29) is 5.91 Å². The highest BCUT2D eigenvalue weighted by molar-refractivity contribution is 9.10. The van der Waals surface area contributed by atoms with Crippen molar-refractivity contribution in [2.45, 2.75) is 19.4 Å². The lowest BCUT2D eigenvalue weighted by atomic mass is 10.1. The standard InChI is InChI=1S/C13H16BrClN2O/c1-2-17(12-3-4-16-8-12)13(18)9-5-10(14)7-11(15)6-9/h5-7,12,16H,2-4,8H2,1H3. The number of carbonyl (C=O) groups is 1. The zero-order valence-corrected chi connectivity index (χ0v) is 12.6. The molecule has 0 aromatic heterocycles. The number of halogens is 2. The molecule has 18 heavy (non-hydrogen) atoms. The molecular formula is C13H16BrClN2O. The van der Waals surface area contributed by atoms with E-state index in [9.17, 15) is 4.79 Å². The van der Waals surface area contributed by atoms with Gasteiger partial charge in [-0.2, -0.15) is 0 Å². The molecule has 1 amide bonds. The Labute approximate surface area is 121 Å². The normalized spacial score (nSPS) is 18.9. The van der Waals surface area contributed by atoms with Crippen LogP contribution in [0.2, 0.25) is 5.02 Å². The van der Waals surface area contributed by atoms with E-state index in [2.05, 4.69) is 21.2 Å². The van der Waals surface area contributed by atoms with E-state index in [1.54, 1.807) is 12.1 Å². The van der Waals surface area contributed by atoms with E-state index in [0.29, 0.717) is 16.6 Å². The number of nitrogens with zero attached hydrogens (tertiary/aromatic N) is 1. The van der Waals surface area contributed by atoms with Crippen molar-refractivity contribution >= 4 is 33.4 Å². The highest BCUT2D eigenvalue weighted by atomic mass is 79.9. The van der Waals surface area contributed by atoms with Gasteiger partial charge in [0.05, 0.1) is 0 Å². The second-order valence-corrected chi connectivity index (χ2v) is 5.75. The van der Waals surface area contributed by atoms with Crippen LogP contribution in [0.15, 0.2) is 22.7 Å². The zero-order valence-electron chi connectivity index (χ0n) is 10.2. The van der Waals surface area contributed by atoms with Gasteiger partial charge in [-0.1, -0.05) is 27.5 Å². The molecule has 1 fully saturated rings. The molecular weight excluding hydrogens is 316 g/mol. The molecule has 1 saturated heterocycles. The summed E-state index contributed by atoms with van der Waals surface area (Å²) in [6.07, 6.45) is 1.02. The second kappa shape index (κ2) is 6.04. The van der Waals surface area contributed by atoms with Gasteiger partial charge in [-0.15, -0.1) is 0 Å². The summed E-state index contributed by atoms with van der Waals surface area (Å²) in [5.74, 6) is 0.0504. The first-order valence-electron chi connectivity index (χ1n) is 6.09. The van der Waals surface area contributed by atoms with Crippen molar-refractivity contribution in [2.75, 3.05) is 19.6 Å². The lowest BCUT2D eigenvalue weighted by Gasteiger charge is -2.27. The summed E-state index contributed by atoms with van der Waals surface area (Å²) >= 11 is 9.36. The first-order valence-corrected chi connectivity index (χ1v) is 7.26. The summed E-state index contributed by atoms with van der Waals surface area (Å²) in [6, 6.07) is 5.62.